The Morgan fingerprint density at radius 3 is 2.65 bits per heavy atom. The summed E-state index contributed by atoms with van der Waals surface area (Å²) in [6.07, 6.45) is 2.52. The molecular weight excluding hydrogens is 212 g/mol. The molecule has 3 nitrogen and oxygen atoms in total. The van der Waals surface area contributed by atoms with Gasteiger partial charge in [-0.1, -0.05) is 18.2 Å². The van der Waals surface area contributed by atoms with Crippen molar-refractivity contribution in [3.8, 4) is 5.75 Å². The summed E-state index contributed by atoms with van der Waals surface area (Å²) in [6.45, 7) is 4.28. The molecule has 0 bridgehead atoms. The Morgan fingerprint density at radius 2 is 2.00 bits per heavy atom. The van der Waals surface area contributed by atoms with Crippen LogP contribution in [0, 0.1) is 5.92 Å². The summed E-state index contributed by atoms with van der Waals surface area (Å²) in [5, 5.41) is 13.0. The quantitative estimate of drug-likeness (QED) is 0.834. The largest absolute Gasteiger partial charge is 0.508 e. The Kier molecular flexibility index (Phi) is 4.40. The highest BCUT2D eigenvalue weighted by Crippen LogP contribution is 2.22. The summed E-state index contributed by atoms with van der Waals surface area (Å²) >= 11 is 0. The molecule has 0 saturated carbocycles. The molecule has 94 valence electrons. The van der Waals surface area contributed by atoms with E-state index < -0.39 is 0 Å². The van der Waals surface area contributed by atoms with Crippen LogP contribution < -0.4 is 5.32 Å². The fourth-order valence-electron chi connectivity index (χ4n) is 2.52. The summed E-state index contributed by atoms with van der Waals surface area (Å²) in [4.78, 5) is 2.43. The van der Waals surface area contributed by atoms with E-state index in [0.29, 0.717) is 5.75 Å². The predicted octanol–water partition coefficient (Wildman–Crippen LogP) is 1.82. The zero-order valence-electron chi connectivity index (χ0n) is 10.5. The van der Waals surface area contributed by atoms with Crippen molar-refractivity contribution in [3.05, 3.63) is 29.8 Å². The lowest BCUT2D eigenvalue weighted by molar-refractivity contribution is 0.175. The molecule has 2 rings (SSSR count). The molecule has 0 amide bonds. The third-order valence-corrected chi connectivity index (χ3v) is 3.59. The van der Waals surface area contributed by atoms with Crippen LogP contribution in [0.3, 0.4) is 0 Å². The number of para-hydroxylation sites is 1. The maximum atomic E-state index is 9.74. The summed E-state index contributed by atoms with van der Waals surface area (Å²) in [5.41, 5.74) is 1.04. The van der Waals surface area contributed by atoms with Gasteiger partial charge in [0.05, 0.1) is 0 Å². The van der Waals surface area contributed by atoms with E-state index in [1.807, 2.05) is 25.2 Å². The van der Waals surface area contributed by atoms with Gasteiger partial charge in [-0.3, -0.25) is 4.90 Å². The van der Waals surface area contributed by atoms with E-state index in [2.05, 4.69) is 10.2 Å². The van der Waals surface area contributed by atoms with E-state index in [0.717, 1.165) is 37.7 Å². The van der Waals surface area contributed by atoms with Crippen molar-refractivity contribution in [2.45, 2.75) is 19.4 Å². The van der Waals surface area contributed by atoms with Crippen LogP contribution in [0.15, 0.2) is 24.3 Å². The van der Waals surface area contributed by atoms with Gasteiger partial charge in [-0.05, 0) is 51.5 Å². The predicted molar refractivity (Wildman–Crippen MR) is 70.0 cm³/mol. The minimum absolute atomic E-state index is 0.421. The molecular formula is C14H22N2O. The van der Waals surface area contributed by atoms with Gasteiger partial charge < -0.3 is 10.4 Å². The average molecular weight is 234 g/mol. The molecule has 1 aromatic carbocycles. The van der Waals surface area contributed by atoms with Gasteiger partial charge >= 0.3 is 0 Å². The highest BCUT2D eigenvalue weighted by Gasteiger charge is 2.19. The molecule has 1 aliphatic rings. The van der Waals surface area contributed by atoms with Gasteiger partial charge in [0.2, 0.25) is 0 Å². The number of phenolic OH excluding ortho intramolecular Hbond substituents is 1. The van der Waals surface area contributed by atoms with E-state index in [-0.39, 0.29) is 0 Å². The number of likely N-dealkylation sites (tertiary alicyclic amines) is 1. The number of benzene rings is 1. The lowest BCUT2D eigenvalue weighted by Crippen LogP contribution is -2.36. The second-order valence-corrected chi connectivity index (χ2v) is 4.91. The first-order chi connectivity index (χ1) is 8.29. The molecule has 3 heteroatoms. The van der Waals surface area contributed by atoms with Crippen LogP contribution in [0.2, 0.25) is 0 Å². The standard InChI is InChI=1S/C14H22N2O/c1-15-10-12-6-8-16(9-7-12)11-13-4-2-3-5-14(13)17/h2-5,12,15,17H,6-11H2,1H3. The molecule has 1 saturated heterocycles. The Labute approximate surface area is 103 Å². The minimum atomic E-state index is 0.421. The van der Waals surface area contributed by atoms with Crippen LogP contribution in [0.1, 0.15) is 18.4 Å². The highest BCUT2D eigenvalue weighted by atomic mass is 16.3. The fraction of sp³-hybridized carbons (Fsp3) is 0.571. The number of nitrogens with zero attached hydrogens (tertiary/aromatic N) is 1. The molecule has 0 unspecified atom stereocenters. The molecule has 1 aromatic rings. The summed E-state index contributed by atoms with van der Waals surface area (Å²) < 4.78 is 0. The number of piperidine rings is 1. The molecule has 0 aromatic heterocycles. The van der Waals surface area contributed by atoms with Gasteiger partial charge in [0.25, 0.3) is 0 Å². The number of rotatable bonds is 4. The smallest absolute Gasteiger partial charge is 0.120 e. The van der Waals surface area contributed by atoms with Crippen LogP contribution >= 0.6 is 0 Å². The topological polar surface area (TPSA) is 35.5 Å². The molecule has 0 aliphatic carbocycles. The normalized spacial score (nSPS) is 18.4. The number of hydrogen-bond donors (Lipinski definition) is 2. The Hall–Kier alpha value is -1.06. The maximum absolute atomic E-state index is 9.74. The van der Waals surface area contributed by atoms with E-state index in [9.17, 15) is 5.11 Å². The summed E-state index contributed by atoms with van der Waals surface area (Å²) in [6, 6.07) is 7.64. The lowest BCUT2D eigenvalue weighted by Gasteiger charge is -2.32. The number of hydrogen-bond acceptors (Lipinski definition) is 3. The van der Waals surface area contributed by atoms with Gasteiger partial charge in [0.15, 0.2) is 0 Å². The monoisotopic (exact) mass is 234 g/mol. The molecule has 0 radical (unpaired) electrons. The van der Waals surface area contributed by atoms with E-state index in [1.54, 1.807) is 6.07 Å². The zero-order chi connectivity index (χ0) is 12.1. The lowest BCUT2D eigenvalue weighted by atomic mass is 9.96. The Balaban J connectivity index is 1.84. The molecule has 17 heavy (non-hydrogen) atoms. The number of aromatic hydroxyl groups is 1. The van der Waals surface area contributed by atoms with Crippen molar-refractivity contribution in [1.29, 1.82) is 0 Å². The van der Waals surface area contributed by atoms with Crippen molar-refractivity contribution < 1.29 is 5.11 Å². The molecule has 1 fully saturated rings. The third-order valence-electron chi connectivity index (χ3n) is 3.59. The second-order valence-electron chi connectivity index (χ2n) is 4.91. The third kappa shape index (κ3) is 3.45. The second kappa shape index (κ2) is 6.03. The Morgan fingerprint density at radius 1 is 1.29 bits per heavy atom. The molecule has 0 spiro atoms. The van der Waals surface area contributed by atoms with Crippen LogP contribution in [0.25, 0.3) is 0 Å². The Bertz CT molecular complexity index is 346. The van der Waals surface area contributed by atoms with Gasteiger partial charge in [0.1, 0.15) is 5.75 Å². The summed E-state index contributed by atoms with van der Waals surface area (Å²) in [5.74, 6) is 1.24. The summed E-state index contributed by atoms with van der Waals surface area (Å²) in [7, 11) is 2.02. The van der Waals surface area contributed by atoms with Crippen LogP contribution in [0.5, 0.6) is 5.75 Å². The molecule has 0 atom stereocenters. The average Bonchev–Trinajstić information content (AvgIpc) is 2.35. The highest BCUT2D eigenvalue weighted by molar-refractivity contribution is 5.31. The first-order valence-corrected chi connectivity index (χ1v) is 6.43. The van der Waals surface area contributed by atoms with Crippen molar-refractivity contribution in [1.82, 2.24) is 10.2 Å². The van der Waals surface area contributed by atoms with Crippen LogP contribution in [-0.4, -0.2) is 36.7 Å². The zero-order valence-corrected chi connectivity index (χ0v) is 10.5. The SMILES string of the molecule is CNCC1CCN(Cc2ccccc2O)CC1. The van der Waals surface area contributed by atoms with Crippen LogP contribution in [0.4, 0.5) is 0 Å². The molecule has 1 heterocycles. The maximum Gasteiger partial charge on any atom is 0.120 e. The van der Waals surface area contributed by atoms with Gasteiger partial charge in [0, 0.05) is 12.1 Å². The first kappa shape index (κ1) is 12.4. The van der Waals surface area contributed by atoms with E-state index in [1.165, 1.54) is 12.8 Å². The number of nitrogens with one attached hydrogen (secondary N) is 1. The van der Waals surface area contributed by atoms with Crippen molar-refractivity contribution in [2.75, 3.05) is 26.7 Å². The van der Waals surface area contributed by atoms with E-state index in [4.69, 9.17) is 0 Å². The number of phenols is 1. The minimum Gasteiger partial charge on any atom is -0.508 e. The molecule has 1 aliphatic heterocycles. The van der Waals surface area contributed by atoms with Crippen molar-refractivity contribution in [2.24, 2.45) is 5.92 Å². The fourth-order valence-corrected chi connectivity index (χ4v) is 2.52. The molecule has 2 N–H and O–H groups in total. The van der Waals surface area contributed by atoms with Gasteiger partial charge in [-0.15, -0.1) is 0 Å². The van der Waals surface area contributed by atoms with E-state index >= 15 is 0 Å². The first-order valence-electron chi connectivity index (χ1n) is 6.43. The van der Waals surface area contributed by atoms with Gasteiger partial charge in [-0.25, -0.2) is 0 Å². The van der Waals surface area contributed by atoms with Gasteiger partial charge in [-0.2, -0.15) is 0 Å². The van der Waals surface area contributed by atoms with Crippen molar-refractivity contribution >= 4 is 0 Å². The van der Waals surface area contributed by atoms with Crippen LogP contribution in [-0.2, 0) is 6.54 Å². The van der Waals surface area contributed by atoms with Crippen molar-refractivity contribution in [3.63, 3.8) is 0 Å².